The predicted molar refractivity (Wildman–Crippen MR) is 89.9 cm³/mol. The fourth-order valence-electron chi connectivity index (χ4n) is 2.70. The molecule has 0 unspecified atom stereocenters. The maximum Gasteiger partial charge on any atom is 0.573 e. The van der Waals surface area contributed by atoms with Gasteiger partial charge in [0.25, 0.3) is 0 Å². The standard InChI is InChI=1S/C19H15F10NO/c20-16(17(21,22)23,18(24,25)26)14-6-4-13(5-7-14)11-30-9-8-12-2-1-3-15(10-12)31-19(27,28)29/h1-7,10,30H,8-9,11H2. The Labute approximate surface area is 169 Å². The zero-order valence-corrected chi connectivity index (χ0v) is 15.4. The summed E-state index contributed by atoms with van der Waals surface area (Å²) in [7, 11) is 0. The molecule has 0 saturated heterocycles. The summed E-state index contributed by atoms with van der Waals surface area (Å²) in [6, 6.07) is 7.88. The highest BCUT2D eigenvalue weighted by Gasteiger charge is 2.73. The zero-order valence-electron chi connectivity index (χ0n) is 15.4. The highest BCUT2D eigenvalue weighted by molar-refractivity contribution is 5.31. The molecule has 0 spiro atoms. The van der Waals surface area contributed by atoms with Gasteiger partial charge in [0.2, 0.25) is 0 Å². The Kier molecular flexibility index (Phi) is 7.14. The Bertz CT molecular complexity index is 842. The fourth-order valence-corrected chi connectivity index (χ4v) is 2.70. The Morgan fingerprint density at radius 2 is 1.29 bits per heavy atom. The molecule has 12 heteroatoms. The smallest absolute Gasteiger partial charge is 0.406 e. The zero-order chi connectivity index (χ0) is 23.5. The van der Waals surface area contributed by atoms with Crippen LogP contribution in [-0.2, 0) is 18.6 Å². The van der Waals surface area contributed by atoms with E-state index in [4.69, 9.17) is 0 Å². The molecule has 0 amide bonds. The van der Waals surface area contributed by atoms with Crippen molar-refractivity contribution in [1.29, 1.82) is 0 Å². The minimum atomic E-state index is -6.19. The first-order valence-corrected chi connectivity index (χ1v) is 8.61. The van der Waals surface area contributed by atoms with Gasteiger partial charge in [-0.15, -0.1) is 13.2 Å². The molecule has 0 fully saturated rings. The molecule has 2 aromatic carbocycles. The largest absolute Gasteiger partial charge is 0.573 e. The van der Waals surface area contributed by atoms with Gasteiger partial charge in [-0.05, 0) is 36.2 Å². The van der Waals surface area contributed by atoms with Crippen LogP contribution in [0.15, 0.2) is 48.5 Å². The van der Waals surface area contributed by atoms with E-state index in [9.17, 15) is 43.9 Å². The van der Waals surface area contributed by atoms with E-state index in [-0.39, 0.29) is 25.1 Å². The van der Waals surface area contributed by atoms with Gasteiger partial charge in [0.15, 0.2) is 0 Å². The summed E-state index contributed by atoms with van der Waals surface area (Å²) in [4.78, 5) is 0. The second-order valence-corrected chi connectivity index (χ2v) is 6.47. The van der Waals surface area contributed by atoms with Gasteiger partial charge in [0.1, 0.15) is 5.75 Å². The van der Waals surface area contributed by atoms with Crippen LogP contribution in [0, 0.1) is 0 Å². The van der Waals surface area contributed by atoms with Crippen molar-refractivity contribution in [2.24, 2.45) is 0 Å². The summed E-state index contributed by atoms with van der Waals surface area (Å²) < 4.78 is 131. The summed E-state index contributed by atoms with van der Waals surface area (Å²) in [6.07, 6.45) is -16.9. The molecule has 0 aliphatic heterocycles. The van der Waals surface area contributed by atoms with E-state index in [0.29, 0.717) is 17.7 Å². The van der Waals surface area contributed by atoms with Gasteiger partial charge in [-0.2, -0.15) is 26.3 Å². The van der Waals surface area contributed by atoms with Crippen molar-refractivity contribution in [3.63, 3.8) is 0 Å². The number of benzene rings is 2. The van der Waals surface area contributed by atoms with Crippen molar-refractivity contribution in [3.8, 4) is 5.75 Å². The van der Waals surface area contributed by atoms with E-state index in [0.717, 1.165) is 18.2 Å². The quantitative estimate of drug-likeness (QED) is 0.390. The third-order valence-electron chi connectivity index (χ3n) is 4.18. The lowest BCUT2D eigenvalue weighted by Crippen LogP contribution is -2.50. The number of rotatable bonds is 7. The van der Waals surface area contributed by atoms with Crippen LogP contribution in [-0.4, -0.2) is 25.3 Å². The van der Waals surface area contributed by atoms with E-state index in [2.05, 4.69) is 10.1 Å². The second kappa shape index (κ2) is 8.93. The Morgan fingerprint density at radius 1 is 0.710 bits per heavy atom. The first-order chi connectivity index (χ1) is 14.1. The van der Waals surface area contributed by atoms with E-state index in [1.54, 1.807) is 6.07 Å². The van der Waals surface area contributed by atoms with Crippen LogP contribution in [0.5, 0.6) is 5.75 Å². The summed E-state index contributed by atoms with van der Waals surface area (Å²) in [5, 5.41) is 2.84. The van der Waals surface area contributed by atoms with E-state index in [1.165, 1.54) is 12.1 Å². The number of alkyl halides is 10. The number of halogens is 10. The van der Waals surface area contributed by atoms with Crippen LogP contribution in [0.4, 0.5) is 43.9 Å². The first kappa shape index (κ1) is 24.8. The molecule has 172 valence electrons. The molecule has 0 aliphatic rings. The molecule has 0 aromatic heterocycles. The van der Waals surface area contributed by atoms with Crippen molar-refractivity contribution >= 4 is 0 Å². The normalized spacial score (nSPS) is 13.4. The molecule has 0 atom stereocenters. The summed E-state index contributed by atoms with van der Waals surface area (Å²) in [5.41, 5.74) is -6.29. The van der Waals surface area contributed by atoms with Gasteiger partial charge >= 0.3 is 24.4 Å². The fraction of sp³-hybridized carbons (Fsp3) is 0.368. The molecule has 0 heterocycles. The molecular weight excluding hydrogens is 448 g/mol. The molecular formula is C19H15F10NO. The van der Waals surface area contributed by atoms with Gasteiger partial charge in [0.05, 0.1) is 0 Å². The van der Waals surface area contributed by atoms with E-state index >= 15 is 0 Å². The summed E-state index contributed by atoms with van der Waals surface area (Å²) in [6.45, 7) is 0.256. The predicted octanol–water partition coefficient (Wildman–Crippen LogP) is 6.21. The van der Waals surface area contributed by atoms with Crippen LogP contribution < -0.4 is 10.1 Å². The van der Waals surface area contributed by atoms with Gasteiger partial charge < -0.3 is 10.1 Å². The number of ether oxygens (including phenoxy) is 1. The maximum absolute atomic E-state index is 14.0. The van der Waals surface area contributed by atoms with Crippen LogP contribution in [0.2, 0.25) is 0 Å². The van der Waals surface area contributed by atoms with Crippen molar-refractivity contribution in [1.82, 2.24) is 5.32 Å². The molecule has 0 aliphatic carbocycles. The average Bonchev–Trinajstić information content (AvgIpc) is 2.62. The van der Waals surface area contributed by atoms with E-state index in [1.807, 2.05) is 0 Å². The first-order valence-electron chi connectivity index (χ1n) is 8.61. The molecule has 31 heavy (non-hydrogen) atoms. The lowest BCUT2D eigenvalue weighted by Gasteiger charge is -2.30. The Balaban J connectivity index is 1.96. The third kappa shape index (κ3) is 6.25. The monoisotopic (exact) mass is 463 g/mol. The van der Waals surface area contributed by atoms with Gasteiger partial charge in [-0.25, -0.2) is 4.39 Å². The summed E-state index contributed by atoms with van der Waals surface area (Å²) >= 11 is 0. The minimum Gasteiger partial charge on any atom is -0.406 e. The van der Waals surface area contributed by atoms with Crippen LogP contribution >= 0.6 is 0 Å². The summed E-state index contributed by atoms with van der Waals surface area (Å²) in [5.74, 6) is -0.398. The molecule has 0 saturated carbocycles. The average molecular weight is 463 g/mol. The minimum absolute atomic E-state index is 0.0242. The molecule has 0 radical (unpaired) electrons. The Morgan fingerprint density at radius 3 is 1.81 bits per heavy atom. The maximum atomic E-state index is 14.0. The Hall–Kier alpha value is -2.50. The second-order valence-electron chi connectivity index (χ2n) is 6.47. The van der Waals surface area contributed by atoms with Crippen LogP contribution in [0.25, 0.3) is 0 Å². The topological polar surface area (TPSA) is 21.3 Å². The van der Waals surface area contributed by atoms with Gasteiger partial charge in [-0.1, -0.05) is 36.4 Å². The molecule has 2 nitrogen and oxygen atoms in total. The molecule has 0 bridgehead atoms. The third-order valence-corrected chi connectivity index (χ3v) is 4.18. The number of nitrogens with one attached hydrogen (secondary N) is 1. The highest BCUT2D eigenvalue weighted by atomic mass is 19.4. The van der Waals surface area contributed by atoms with Crippen molar-refractivity contribution in [3.05, 3.63) is 65.2 Å². The lowest BCUT2D eigenvalue weighted by atomic mass is 9.93. The van der Waals surface area contributed by atoms with Crippen LogP contribution in [0.1, 0.15) is 16.7 Å². The van der Waals surface area contributed by atoms with E-state index < -0.39 is 35.7 Å². The van der Waals surface area contributed by atoms with Crippen molar-refractivity contribution in [2.45, 2.75) is 37.3 Å². The van der Waals surface area contributed by atoms with Crippen molar-refractivity contribution in [2.75, 3.05) is 6.54 Å². The molecule has 2 rings (SSSR count). The lowest BCUT2D eigenvalue weighted by molar-refractivity contribution is -0.348. The molecule has 2 aromatic rings. The highest BCUT2D eigenvalue weighted by Crippen LogP contribution is 2.53. The van der Waals surface area contributed by atoms with Crippen LogP contribution in [0.3, 0.4) is 0 Å². The molecule has 1 N–H and O–H groups in total. The van der Waals surface area contributed by atoms with Gasteiger partial charge in [0, 0.05) is 12.1 Å². The van der Waals surface area contributed by atoms with Gasteiger partial charge in [-0.3, -0.25) is 0 Å². The number of hydrogen-bond donors (Lipinski definition) is 1. The van der Waals surface area contributed by atoms with Crippen molar-refractivity contribution < 1.29 is 48.6 Å². The SMILES string of the molecule is FC(F)(F)Oc1cccc(CCNCc2ccc(C(F)(C(F)(F)F)C(F)(F)F)cc2)c1. The number of hydrogen-bond acceptors (Lipinski definition) is 2.